The van der Waals surface area contributed by atoms with Crippen LogP contribution in [0.3, 0.4) is 0 Å². The maximum atomic E-state index is 13.6. The lowest BCUT2D eigenvalue weighted by molar-refractivity contribution is 0.552. The normalized spacial score (nSPS) is 13.3. The summed E-state index contributed by atoms with van der Waals surface area (Å²) >= 11 is 0. The van der Waals surface area contributed by atoms with Gasteiger partial charge >= 0.3 is 0 Å². The minimum atomic E-state index is -4.14. The van der Waals surface area contributed by atoms with Crippen LogP contribution in [0.2, 0.25) is 0 Å². The highest BCUT2D eigenvalue weighted by Crippen LogP contribution is 2.19. The zero-order valence-corrected chi connectivity index (χ0v) is 14.1. The molecule has 6 nitrogen and oxygen atoms in total. The smallest absolute Gasteiger partial charge is 0.218 e. The van der Waals surface area contributed by atoms with Crippen molar-refractivity contribution in [2.75, 3.05) is 6.26 Å². The molecule has 1 heterocycles. The third-order valence-corrected chi connectivity index (χ3v) is 5.11. The van der Waals surface area contributed by atoms with Gasteiger partial charge in [-0.15, -0.1) is 0 Å². The molecule has 0 amide bonds. The second kappa shape index (κ2) is 7.24. The van der Waals surface area contributed by atoms with E-state index in [4.69, 9.17) is 5.73 Å². The van der Waals surface area contributed by atoms with E-state index in [0.717, 1.165) is 23.6 Å². The maximum Gasteiger partial charge on any atom is 0.218 e. The minimum Gasteiger partial charge on any atom is -0.325 e. The molecule has 2 aromatic rings. The monoisotopic (exact) mass is 373 g/mol. The fourth-order valence-electron chi connectivity index (χ4n) is 1.79. The van der Waals surface area contributed by atoms with Crippen molar-refractivity contribution in [3.05, 3.63) is 52.7 Å². The summed E-state index contributed by atoms with van der Waals surface area (Å²) in [6.07, 6.45) is 3.83. The molecule has 128 valence electrons. The molecule has 2 N–H and O–H groups in total. The molecular weight excluding hydrogens is 360 g/mol. The molecule has 2 rings (SSSR count). The Morgan fingerprint density at radius 3 is 2.62 bits per heavy atom. The highest BCUT2D eigenvalue weighted by Gasteiger charge is 2.17. The van der Waals surface area contributed by atoms with E-state index in [0.29, 0.717) is 11.8 Å². The van der Waals surface area contributed by atoms with E-state index in [9.17, 15) is 21.4 Å². The van der Waals surface area contributed by atoms with E-state index in [-0.39, 0.29) is 17.3 Å². The van der Waals surface area contributed by atoms with Crippen LogP contribution < -0.4 is 5.73 Å². The molecule has 0 spiro atoms. The number of hydrogen-bond acceptors (Lipinski definition) is 6. The standard InChI is InChI=1S/C14H13F2N3O3S2/c1-23(20)14-18-8-9(12(7-17)19-14)4-5-24(21,22)13-3-2-10(15)6-11(13)16/h2-6,8H,7,17H2,1H3. The molecule has 0 aliphatic heterocycles. The van der Waals surface area contributed by atoms with E-state index >= 15 is 0 Å². The fourth-order valence-corrected chi connectivity index (χ4v) is 3.29. The van der Waals surface area contributed by atoms with Gasteiger partial charge in [0.15, 0.2) is 0 Å². The lowest BCUT2D eigenvalue weighted by Crippen LogP contribution is -2.08. The number of halogens is 2. The molecule has 0 aliphatic carbocycles. The summed E-state index contributed by atoms with van der Waals surface area (Å²) in [6, 6.07) is 2.18. The summed E-state index contributed by atoms with van der Waals surface area (Å²) in [5, 5.41) is 0.823. The molecule has 0 fully saturated rings. The summed E-state index contributed by atoms with van der Waals surface area (Å²) in [5.74, 6) is -2.07. The Morgan fingerprint density at radius 2 is 2.04 bits per heavy atom. The second-order valence-corrected chi connectivity index (χ2v) is 7.71. The number of benzene rings is 1. The number of nitrogens with zero attached hydrogens (tertiary/aromatic N) is 2. The Kier molecular flexibility index (Phi) is 5.52. The minimum absolute atomic E-state index is 0.0304. The van der Waals surface area contributed by atoms with Crippen molar-refractivity contribution in [2.45, 2.75) is 16.6 Å². The van der Waals surface area contributed by atoms with Gasteiger partial charge < -0.3 is 5.73 Å². The quantitative estimate of drug-likeness (QED) is 0.628. The van der Waals surface area contributed by atoms with E-state index in [1.54, 1.807) is 0 Å². The van der Waals surface area contributed by atoms with Gasteiger partial charge in [0, 0.05) is 36.0 Å². The van der Waals surface area contributed by atoms with Crippen molar-refractivity contribution >= 4 is 26.7 Å². The first-order valence-electron chi connectivity index (χ1n) is 6.52. The molecule has 0 saturated heterocycles. The number of rotatable bonds is 5. The van der Waals surface area contributed by atoms with Gasteiger partial charge in [-0.05, 0) is 18.2 Å². The van der Waals surface area contributed by atoms with Gasteiger partial charge in [-0.1, -0.05) is 0 Å². The summed E-state index contributed by atoms with van der Waals surface area (Å²) in [7, 11) is -5.55. The number of nitrogens with two attached hydrogens (primary N) is 1. The van der Waals surface area contributed by atoms with Gasteiger partial charge in [0.1, 0.15) is 16.5 Å². The second-order valence-electron chi connectivity index (χ2n) is 4.64. The van der Waals surface area contributed by atoms with Crippen molar-refractivity contribution in [3.63, 3.8) is 0 Å². The van der Waals surface area contributed by atoms with Crippen LogP contribution in [0.25, 0.3) is 6.08 Å². The lowest BCUT2D eigenvalue weighted by Gasteiger charge is -2.04. The molecule has 0 bridgehead atoms. The number of sulfone groups is 1. The van der Waals surface area contributed by atoms with Crippen LogP contribution in [0.4, 0.5) is 8.78 Å². The van der Waals surface area contributed by atoms with Gasteiger partial charge in [-0.2, -0.15) is 0 Å². The third-order valence-electron chi connectivity index (χ3n) is 2.96. The summed E-state index contributed by atoms with van der Waals surface area (Å²) in [4.78, 5) is 7.19. The van der Waals surface area contributed by atoms with Crippen molar-refractivity contribution in [2.24, 2.45) is 5.73 Å². The van der Waals surface area contributed by atoms with Crippen LogP contribution in [-0.2, 0) is 27.2 Å². The first-order valence-corrected chi connectivity index (χ1v) is 9.62. The maximum absolute atomic E-state index is 13.6. The van der Waals surface area contributed by atoms with Crippen molar-refractivity contribution < 1.29 is 21.4 Å². The third kappa shape index (κ3) is 4.08. The zero-order chi connectivity index (χ0) is 17.9. The molecule has 1 atom stereocenters. The van der Waals surface area contributed by atoms with E-state index in [1.807, 2.05) is 0 Å². The molecule has 1 aromatic carbocycles. The van der Waals surface area contributed by atoms with Crippen LogP contribution >= 0.6 is 0 Å². The first-order chi connectivity index (χ1) is 11.2. The van der Waals surface area contributed by atoms with Crippen molar-refractivity contribution in [1.29, 1.82) is 0 Å². The van der Waals surface area contributed by atoms with E-state index in [1.165, 1.54) is 12.5 Å². The molecule has 24 heavy (non-hydrogen) atoms. The van der Waals surface area contributed by atoms with Gasteiger partial charge in [-0.25, -0.2) is 27.2 Å². The predicted octanol–water partition coefficient (Wildman–Crippen LogP) is 1.40. The highest BCUT2D eigenvalue weighted by atomic mass is 32.2. The van der Waals surface area contributed by atoms with Crippen LogP contribution in [0.1, 0.15) is 11.3 Å². The summed E-state index contributed by atoms with van der Waals surface area (Å²) in [6.45, 7) is -0.0304. The molecular formula is C14H13F2N3O3S2. The summed E-state index contributed by atoms with van der Waals surface area (Å²) < 4.78 is 62.1. The van der Waals surface area contributed by atoms with Crippen LogP contribution in [0.15, 0.2) is 39.9 Å². The Morgan fingerprint density at radius 1 is 1.33 bits per heavy atom. The van der Waals surface area contributed by atoms with Gasteiger partial charge in [0.2, 0.25) is 15.0 Å². The highest BCUT2D eigenvalue weighted by molar-refractivity contribution is 7.94. The summed E-state index contributed by atoms with van der Waals surface area (Å²) in [5.41, 5.74) is 6.12. The van der Waals surface area contributed by atoms with E-state index < -0.39 is 37.2 Å². The zero-order valence-electron chi connectivity index (χ0n) is 12.4. The van der Waals surface area contributed by atoms with Crippen LogP contribution in [0.5, 0.6) is 0 Å². The average Bonchev–Trinajstić information content (AvgIpc) is 2.52. The average molecular weight is 373 g/mol. The van der Waals surface area contributed by atoms with Gasteiger partial charge in [0.25, 0.3) is 0 Å². The first kappa shape index (κ1) is 18.3. The largest absolute Gasteiger partial charge is 0.325 e. The molecule has 0 aliphatic rings. The Balaban J connectivity index is 2.41. The Hall–Kier alpha value is -2.04. The topological polar surface area (TPSA) is 103 Å². The Labute approximate surface area is 139 Å². The number of aromatic nitrogens is 2. The SMILES string of the molecule is CS(=O)c1ncc(C=CS(=O)(=O)c2ccc(F)cc2F)c(CN)n1. The van der Waals surface area contributed by atoms with Crippen LogP contribution in [0, 0.1) is 11.6 Å². The van der Waals surface area contributed by atoms with Gasteiger partial charge in [-0.3, -0.25) is 4.21 Å². The number of hydrogen-bond donors (Lipinski definition) is 1. The molecule has 1 aromatic heterocycles. The van der Waals surface area contributed by atoms with Crippen molar-refractivity contribution in [3.8, 4) is 0 Å². The lowest BCUT2D eigenvalue weighted by atomic mass is 10.2. The van der Waals surface area contributed by atoms with Crippen molar-refractivity contribution in [1.82, 2.24) is 9.97 Å². The van der Waals surface area contributed by atoms with E-state index in [2.05, 4.69) is 9.97 Å². The predicted molar refractivity (Wildman–Crippen MR) is 84.8 cm³/mol. The molecule has 10 heteroatoms. The molecule has 0 saturated carbocycles. The fraction of sp³-hybridized carbons (Fsp3) is 0.143. The molecule has 1 unspecified atom stereocenters. The van der Waals surface area contributed by atoms with Gasteiger partial charge in [0.05, 0.1) is 16.5 Å². The Bertz CT molecular complexity index is 931. The molecule has 0 radical (unpaired) electrons. The van der Waals surface area contributed by atoms with Crippen LogP contribution in [-0.4, -0.2) is 28.9 Å².